The van der Waals surface area contributed by atoms with Crippen LogP contribution in [-0.2, 0) is 23.2 Å². The standard InChI is InChI=1S/C18H22FN3O2/c1-21-17(10-11-20-21)12-24-13-18(23)22(15-4-2-3-5-15)16-8-6-14(19)7-9-16/h6-11,15H,2-5,12-13H2,1H3. The number of carbonyl (C=O) groups excluding carboxylic acids is 1. The van der Waals surface area contributed by atoms with Crippen molar-refractivity contribution in [2.24, 2.45) is 7.05 Å². The van der Waals surface area contributed by atoms with Crippen molar-refractivity contribution in [1.82, 2.24) is 9.78 Å². The highest BCUT2D eigenvalue weighted by atomic mass is 19.1. The van der Waals surface area contributed by atoms with Crippen molar-refractivity contribution in [3.8, 4) is 0 Å². The Kier molecular flexibility index (Phi) is 5.25. The Morgan fingerprint density at radius 3 is 2.62 bits per heavy atom. The first kappa shape index (κ1) is 16.6. The number of ether oxygens (including phenoxy) is 1. The predicted octanol–water partition coefficient (Wildman–Crippen LogP) is 3.05. The summed E-state index contributed by atoms with van der Waals surface area (Å²) < 4.78 is 20.5. The molecular formula is C18H22FN3O2. The molecule has 0 unspecified atom stereocenters. The van der Waals surface area contributed by atoms with E-state index in [2.05, 4.69) is 5.10 Å². The molecule has 1 saturated carbocycles. The molecule has 1 aromatic heterocycles. The van der Waals surface area contributed by atoms with Crippen LogP contribution >= 0.6 is 0 Å². The number of aromatic nitrogens is 2. The van der Waals surface area contributed by atoms with Crippen LogP contribution in [0.1, 0.15) is 31.4 Å². The van der Waals surface area contributed by atoms with Gasteiger partial charge in [0.1, 0.15) is 12.4 Å². The van der Waals surface area contributed by atoms with Crippen molar-refractivity contribution in [3.63, 3.8) is 0 Å². The summed E-state index contributed by atoms with van der Waals surface area (Å²) in [4.78, 5) is 14.5. The molecule has 0 atom stereocenters. The highest BCUT2D eigenvalue weighted by Gasteiger charge is 2.28. The number of hydrogen-bond donors (Lipinski definition) is 0. The SMILES string of the molecule is Cn1nccc1COCC(=O)N(c1ccc(F)cc1)C1CCCC1. The van der Waals surface area contributed by atoms with E-state index in [0.717, 1.165) is 37.1 Å². The molecule has 0 N–H and O–H groups in total. The molecule has 128 valence electrons. The number of nitrogens with zero attached hydrogens (tertiary/aromatic N) is 3. The van der Waals surface area contributed by atoms with Gasteiger partial charge in [-0.25, -0.2) is 4.39 Å². The smallest absolute Gasteiger partial charge is 0.253 e. The summed E-state index contributed by atoms with van der Waals surface area (Å²) in [6.45, 7) is 0.337. The van der Waals surface area contributed by atoms with Gasteiger partial charge >= 0.3 is 0 Å². The van der Waals surface area contributed by atoms with E-state index in [4.69, 9.17) is 4.74 Å². The summed E-state index contributed by atoms with van der Waals surface area (Å²) in [5, 5.41) is 4.07. The number of rotatable bonds is 6. The Morgan fingerprint density at radius 1 is 1.29 bits per heavy atom. The van der Waals surface area contributed by atoms with Crippen LogP contribution < -0.4 is 4.90 Å². The molecule has 0 radical (unpaired) electrons. The molecule has 1 aliphatic rings. The molecule has 1 heterocycles. The number of carbonyl (C=O) groups is 1. The van der Waals surface area contributed by atoms with Gasteiger partial charge in [-0.05, 0) is 43.2 Å². The van der Waals surface area contributed by atoms with E-state index < -0.39 is 0 Å². The van der Waals surface area contributed by atoms with E-state index in [0.29, 0.717) is 6.61 Å². The number of anilines is 1. The highest BCUT2D eigenvalue weighted by molar-refractivity contribution is 5.94. The molecule has 0 saturated heterocycles. The van der Waals surface area contributed by atoms with E-state index in [-0.39, 0.29) is 24.4 Å². The van der Waals surface area contributed by atoms with Crippen molar-refractivity contribution in [1.29, 1.82) is 0 Å². The maximum atomic E-state index is 13.2. The molecule has 0 spiro atoms. The van der Waals surface area contributed by atoms with E-state index in [1.165, 1.54) is 12.1 Å². The summed E-state index contributed by atoms with van der Waals surface area (Å²) in [5.41, 5.74) is 1.65. The normalized spacial score (nSPS) is 14.9. The van der Waals surface area contributed by atoms with Gasteiger partial charge < -0.3 is 9.64 Å². The topological polar surface area (TPSA) is 47.4 Å². The molecule has 1 fully saturated rings. The largest absolute Gasteiger partial charge is 0.365 e. The van der Waals surface area contributed by atoms with Crippen LogP contribution in [0.5, 0.6) is 0 Å². The summed E-state index contributed by atoms with van der Waals surface area (Å²) in [5.74, 6) is -0.388. The van der Waals surface area contributed by atoms with Crippen LogP contribution in [0.3, 0.4) is 0 Å². The Morgan fingerprint density at radius 2 is 2.00 bits per heavy atom. The Bertz CT molecular complexity index is 678. The lowest BCUT2D eigenvalue weighted by Gasteiger charge is -2.29. The Balaban J connectivity index is 1.66. The molecule has 5 nitrogen and oxygen atoms in total. The molecule has 6 heteroatoms. The van der Waals surface area contributed by atoms with Gasteiger partial charge in [0, 0.05) is 25.0 Å². The van der Waals surface area contributed by atoms with Crippen molar-refractivity contribution in [2.75, 3.05) is 11.5 Å². The predicted molar refractivity (Wildman–Crippen MR) is 89.0 cm³/mol. The van der Waals surface area contributed by atoms with Crippen molar-refractivity contribution >= 4 is 11.6 Å². The first-order valence-electron chi connectivity index (χ1n) is 8.27. The van der Waals surface area contributed by atoms with Crippen LogP contribution in [0.25, 0.3) is 0 Å². The highest BCUT2D eigenvalue weighted by Crippen LogP contribution is 2.28. The molecule has 1 aromatic carbocycles. The van der Waals surface area contributed by atoms with Gasteiger partial charge in [-0.3, -0.25) is 9.48 Å². The number of halogens is 1. The van der Waals surface area contributed by atoms with E-state index in [1.807, 2.05) is 13.1 Å². The van der Waals surface area contributed by atoms with Gasteiger partial charge in [0.05, 0.1) is 12.3 Å². The third-order valence-corrected chi connectivity index (χ3v) is 4.46. The zero-order valence-corrected chi connectivity index (χ0v) is 13.8. The number of aryl methyl sites for hydroxylation is 1. The lowest BCUT2D eigenvalue weighted by molar-refractivity contribution is -0.124. The maximum Gasteiger partial charge on any atom is 0.253 e. The first-order valence-corrected chi connectivity index (χ1v) is 8.27. The van der Waals surface area contributed by atoms with Crippen LogP contribution in [0, 0.1) is 5.82 Å². The van der Waals surface area contributed by atoms with Crippen LogP contribution in [0.2, 0.25) is 0 Å². The second-order valence-corrected chi connectivity index (χ2v) is 6.12. The molecule has 0 aliphatic heterocycles. The van der Waals surface area contributed by atoms with Crippen LogP contribution in [0.4, 0.5) is 10.1 Å². The fraction of sp³-hybridized carbons (Fsp3) is 0.444. The minimum atomic E-state index is -0.301. The van der Waals surface area contributed by atoms with Crippen molar-refractivity contribution in [2.45, 2.75) is 38.3 Å². The Labute approximate surface area is 141 Å². The van der Waals surface area contributed by atoms with Gasteiger partial charge in [-0.15, -0.1) is 0 Å². The summed E-state index contributed by atoms with van der Waals surface area (Å²) >= 11 is 0. The fourth-order valence-corrected chi connectivity index (χ4v) is 3.18. The van der Waals surface area contributed by atoms with Gasteiger partial charge in [-0.2, -0.15) is 5.10 Å². The minimum Gasteiger partial charge on any atom is -0.365 e. The quantitative estimate of drug-likeness (QED) is 0.817. The number of amides is 1. The zero-order chi connectivity index (χ0) is 16.9. The number of benzene rings is 1. The van der Waals surface area contributed by atoms with Gasteiger partial charge in [0.2, 0.25) is 0 Å². The first-order chi connectivity index (χ1) is 11.6. The second kappa shape index (κ2) is 7.57. The summed E-state index contributed by atoms with van der Waals surface area (Å²) in [6.07, 6.45) is 5.89. The van der Waals surface area contributed by atoms with Crippen LogP contribution in [-0.4, -0.2) is 28.3 Å². The Hall–Kier alpha value is -2.21. The molecular weight excluding hydrogens is 309 g/mol. The molecule has 3 rings (SSSR count). The number of hydrogen-bond acceptors (Lipinski definition) is 3. The van der Waals surface area contributed by atoms with Crippen LogP contribution in [0.15, 0.2) is 36.5 Å². The van der Waals surface area contributed by atoms with E-state index in [9.17, 15) is 9.18 Å². The fourth-order valence-electron chi connectivity index (χ4n) is 3.18. The lowest BCUT2D eigenvalue weighted by Crippen LogP contribution is -2.41. The molecule has 1 amide bonds. The molecule has 2 aromatic rings. The maximum absolute atomic E-state index is 13.2. The third-order valence-electron chi connectivity index (χ3n) is 4.46. The zero-order valence-electron chi connectivity index (χ0n) is 13.8. The van der Waals surface area contributed by atoms with Gasteiger partial charge in [-0.1, -0.05) is 12.8 Å². The van der Waals surface area contributed by atoms with Gasteiger partial charge in [0.25, 0.3) is 5.91 Å². The molecule has 0 bridgehead atoms. The van der Waals surface area contributed by atoms with E-state index in [1.54, 1.807) is 27.9 Å². The summed E-state index contributed by atoms with van der Waals surface area (Å²) in [6, 6.07) is 8.13. The molecule has 1 aliphatic carbocycles. The summed E-state index contributed by atoms with van der Waals surface area (Å²) in [7, 11) is 1.84. The monoisotopic (exact) mass is 331 g/mol. The van der Waals surface area contributed by atoms with Crippen molar-refractivity contribution < 1.29 is 13.9 Å². The average molecular weight is 331 g/mol. The molecule has 24 heavy (non-hydrogen) atoms. The van der Waals surface area contributed by atoms with Crippen molar-refractivity contribution in [3.05, 3.63) is 48.0 Å². The van der Waals surface area contributed by atoms with E-state index >= 15 is 0 Å². The second-order valence-electron chi connectivity index (χ2n) is 6.12. The average Bonchev–Trinajstić information content (AvgIpc) is 3.22. The minimum absolute atomic E-state index is 0.000936. The van der Waals surface area contributed by atoms with Gasteiger partial charge in [0.15, 0.2) is 0 Å². The third kappa shape index (κ3) is 3.82. The lowest BCUT2D eigenvalue weighted by atomic mass is 10.1.